The van der Waals surface area contributed by atoms with Gasteiger partial charge in [0.2, 0.25) is 10.0 Å². The highest BCUT2D eigenvalue weighted by Crippen LogP contribution is 2.32. The normalized spacial score (nSPS) is 14.1. The van der Waals surface area contributed by atoms with E-state index in [1.165, 1.54) is 6.26 Å². The number of anilines is 1. The smallest absolute Gasteiger partial charge is 0.211 e. The van der Waals surface area contributed by atoms with Crippen molar-refractivity contribution in [2.24, 2.45) is 5.84 Å². The van der Waals surface area contributed by atoms with Crippen LogP contribution in [-0.2, 0) is 10.0 Å². The lowest BCUT2D eigenvalue weighted by Crippen LogP contribution is -2.45. The summed E-state index contributed by atoms with van der Waals surface area (Å²) in [6, 6.07) is 3.70. The molecule has 0 amide bonds. The molecule has 0 saturated heterocycles. The van der Waals surface area contributed by atoms with Crippen molar-refractivity contribution in [3.05, 3.63) is 28.3 Å². The zero-order valence-corrected chi connectivity index (χ0v) is 16.3. The van der Waals surface area contributed by atoms with Crippen LogP contribution in [-0.4, -0.2) is 31.1 Å². The second kappa shape index (κ2) is 7.38. The lowest BCUT2D eigenvalue weighted by Gasteiger charge is -2.34. The van der Waals surface area contributed by atoms with Gasteiger partial charge < -0.3 is 5.43 Å². The molecule has 5 nitrogen and oxygen atoms in total. The zero-order chi connectivity index (χ0) is 18.0. The SMILES string of the molecule is Cc1c(NN)cc(Cl)cc1C(C)CCN(C(C)(C)C)S(C)(=O)=O. The van der Waals surface area contributed by atoms with E-state index in [9.17, 15) is 8.42 Å². The molecule has 132 valence electrons. The largest absolute Gasteiger partial charge is 0.324 e. The van der Waals surface area contributed by atoms with Crippen LogP contribution >= 0.6 is 11.6 Å². The lowest BCUT2D eigenvalue weighted by atomic mass is 9.92. The Bertz CT molecular complexity index is 654. The van der Waals surface area contributed by atoms with Gasteiger partial charge in [0.1, 0.15) is 0 Å². The highest BCUT2D eigenvalue weighted by atomic mass is 35.5. The lowest BCUT2D eigenvalue weighted by molar-refractivity contribution is 0.244. The Hall–Kier alpha value is -0.820. The van der Waals surface area contributed by atoms with Gasteiger partial charge in [-0.15, -0.1) is 0 Å². The Labute approximate surface area is 145 Å². The summed E-state index contributed by atoms with van der Waals surface area (Å²) in [5, 5.41) is 0.612. The molecule has 0 fully saturated rings. The van der Waals surface area contributed by atoms with Crippen molar-refractivity contribution in [1.82, 2.24) is 4.31 Å². The van der Waals surface area contributed by atoms with Crippen LogP contribution in [0.4, 0.5) is 5.69 Å². The summed E-state index contributed by atoms with van der Waals surface area (Å²) >= 11 is 6.15. The van der Waals surface area contributed by atoms with Crippen LogP contribution in [0.2, 0.25) is 5.02 Å². The molecule has 0 aliphatic rings. The van der Waals surface area contributed by atoms with Crippen molar-refractivity contribution >= 4 is 27.3 Å². The van der Waals surface area contributed by atoms with Crippen molar-refractivity contribution in [3.63, 3.8) is 0 Å². The fraction of sp³-hybridized carbons (Fsp3) is 0.625. The topological polar surface area (TPSA) is 75.4 Å². The van der Waals surface area contributed by atoms with Gasteiger partial charge in [0.05, 0.1) is 11.9 Å². The first kappa shape index (κ1) is 20.2. The molecule has 0 heterocycles. The Morgan fingerprint density at radius 3 is 2.35 bits per heavy atom. The monoisotopic (exact) mass is 361 g/mol. The molecule has 0 aliphatic carbocycles. The van der Waals surface area contributed by atoms with Gasteiger partial charge in [0.25, 0.3) is 0 Å². The minimum Gasteiger partial charge on any atom is -0.324 e. The Morgan fingerprint density at radius 1 is 1.35 bits per heavy atom. The maximum absolute atomic E-state index is 12.0. The number of rotatable bonds is 6. The molecular formula is C16H28ClN3O2S. The van der Waals surface area contributed by atoms with E-state index in [1.54, 1.807) is 10.4 Å². The average Bonchev–Trinajstić information content (AvgIpc) is 2.37. The first-order valence-electron chi connectivity index (χ1n) is 7.62. The van der Waals surface area contributed by atoms with Gasteiger partial charge in [-0.25, -0.2) is 8.42 Å². The molecule has 7 heteroatoms. The van der Waals surface area contributed by atoms with Crippen molar-refractivity contribution in [2.45, 2.75) is 52.5 Å². The fourth-order valence-corrected chi connectivity index (χ4v) is 4.49. The van der Waals surface area contributed by atoms with E-state index in [4.69, 9.17) is 17.4 Å². The van der Waals surface area contributed by atoms with E-state index in [2.05, 4.69) is 12.3 Å². The first-order valence-corrected chi connectivity index (χ1v) is 9.85. The van der Waals surface area contributed by atoms with E-state index < -0.39 is 15.6 Å². The summed E-state index contributed by atoms with van der Waals surface area (Å²) < 4.78 is 25.6. The molecule has 0 saturated carbocycles. The summed E-state index contributed by atoms with van der Waals surface area (Å²) in [4.78, 5) is 0. The number of halogens is 1. The van der Waals surface area contributed by atoms with Crippen LogP contribution in [0, 0.1) is 6.92 Å². The van der Waals surface area contributed by atoms with Crippen LogP contribution < -0.4 is 11.3 Å². The molecule has 3 N–H and O–H groups in total. The molecule has 0 spiro atoms. The Balaban J connectivity index is 3.00. The molecule has 0 aliphatic heterocycles. The van der Waals surface area contributed by atoms with Crippen LogP contribution in [0.25, 0.3) is 0 Å². The summed E-state index contributed by atoms with van der Waals surface area (Å²) in [6.07, 6.45) is 1.96. The van der Waals surface area contributed by atoms with Crippen LogP contribution in [0.15, 0.2) is 12.1 Å². The number of nitrogens with two attached hydrogens (primary N) is 1. The quantitative estimate of drug-likeness (QED) is 0.600. The Morgan fingerprint density at radius 2 is 1.91 bits per heavy atom. The van der Waals surface area contributed by atoms with E-state index >= 15 is 0 Å². The maximum Gasteiger partial charge on any atom is 0.211 e. The number of benzene rings is 1. The highest BCUT2D eigenvalue weighted by molar-refractivity contribution is 7.88. The Kier molecular flexibility index (Phi) is 6.49. The van der Waals surface area contributed by atoms with Crippen molar-refractivity contribution in [1.29, 1.82) is 0 Å². The van der Waals surface area contributed by atoms with Gasteiger partial charge in [-0.05, 0) is 63.3 Å². The summed E-state index contributed by atoms with van der Waals surface area (Å²) in [5.74, 6) is 5.69. The third-order valence-corrected chi connectivity index (χ3v) is 5.76. The standard InChI is InChI=1S/C16H28ClN3O2S/c1-11(7-8-20(16(3,4)5)23(6,21)22)14-9-13(17)10-15(19-18)12(14)2/h9-11,19H,7-8,18H2,1-6H3. The van der Waals surface area contributed by atoms with E-state index in [-0.39, 0.29) is 5.92 Å². The van der Waals surface area contributed by atoms with Crippen LogP contribution in [0.5, 0.6) is 0 Å². The van der Waals surface area contributed by atoms with Gasteiger partial charge >= 0.3 is 0 Å². The number of hydrazine groups is 1. The van der Waals surface area contributed by atoms with E-state index in [0.29, 0.717) is 18.0 Å². The van der Waals surface area contributed by atoms with Gasteiger partial charge in [-0.1, -0.05) is 18.5 Å². The minimum absolute atomic E-state index is 0.160. The number of hydrogen-bond acceptors (Lipinski definition) is 4. The second-order valence-corrected chi connectivity index (χ2v) is 9.35. The van der Waals surface area contributed by atoms with Crippen LogP contribution in [0.1, 0.15) is 51.2 Å². The van der Waals surface area contributed by atoms with Crippen molar-refractivity contribution in [3.8, 4) is 0 Å². The molecule has 0 bridgehead atoms. The molecular weight excluding hydrogens is 334 g/mol. The third-order valence-electron chi connectivity index (χ3n) is 4.01. The zero-order valence-electron chi connectivity index (χ0n) is 14.8. The number of hydrogen-bond donors (Lipinski definition) is 2. The summed E-state index contributed by atoms with van der Waals surface area (Å²) in [5.41, 5.74) is 5.11. The summed E-state index contributed by atoms with van der Waals surface area (Å²) in [7, 11) is -3.26. The molecule has 0 radical (unpaired) electrons. The third kappa shape index (κ3) is 5.35. The highest BCUT2D eigenvalue weighted by Gasteiger charge is 2.29. The van der Waals surface area contributed by atoms with Gasteiger partial charge in [0.15, 0.2) is 0 Å². The van der Waals surface area contributed by atoms with Gasteiger partial charge in [0, 0.05) is 17.1 Å². The summed E-state index contributed by atoms with van der Waals surface area (Å²) in [6.45, 7) is 10.2. The van der Waals surface area contributed by atoms with Crippen molar-refractivity contribution in [2.75, 3.05) is 18.2 Å². The van der Waals surface area contributed by atoms with E-state index in [1.807, 2.05) is 33.8 Å². The number of nitrogen functional groups attached to an aromatic ring is 1. The fourth-order valence-electron chi connectivity index (χ4n) is 2.83. The van der Waals surface area contributed by atoms with Gasteiger partial charge in [-0.2, -0.15) is 4.31 Å². The predicted molar refractivity (Wildman–Crippen MR) is 98.3 cm³/mol. The molecule has 1 atom stereocenters. The van der Waals surface area contributed by atoms with Crippen molar-refractivity contribution < 1.29 is 8.42 Å². The minimum atomic E-state index is -3.26. The second-order valence-electron chi connectivity index (χ2n) is 7.01. The molecule has 0 aromatic heterocycles. The number of nitrogens with zero attached hydrogens (tertiary/aromatic N) is 1. The molecule has 1 rings (SSSR count). The first-order chi connectivity index (χ1) is 10.4. The van der Waals surface area contributed by atoms with E-state index in [0.717, 1.165) is 16.8 Å². The molecule has 23 heavy (non-hydrogen) atoms. The van der Waals surface area contributed by atoms with Gasteiger partial charge in [-0.3, -0.25) is 5.84 Å². The molecule has 1 unspecified atom stereocenters. The van der Waals surface area contributed by atoms with Crippen LogP contribution in [0.3, 0.4) is 0 Å². The molecule has 1 aromatic carbocycles. The molecule has 1 aromatic rings. The average molecular weight is 362 g/mol. The predicted octanol–water partition coefficient (Wildman–Crippen LogP) is 3.49. The number of nitrogens with one attached hydrogen (secondary N) is 1. The number of sulfonamides is 1. The maximum atomic E-state index is 12.0.